The van der Waals surface area contributed by atoms with Gasteiger partial charge < -0.3 is 15.0 Å². The van der Waals surface area contributed by atoms with E-state index in [0.717, 1.165) is 5.69 Å². The van der Waals surface area contributed by atoms with Crippen molar-refractivity contribution in [3.8, 4) is 0 Å². The second-order valence-corrected chi connectivity index (χ2v) is 3.88. The van der Waals surface area contributed by atoms with Crippen LogP contribution in [0, 0.1) is 6.92 Å². The quantitative estimate of drug-likeness (QED) is 0.833. The minimum Gasteiger partial charge on any atom is -0.478 e. The largest absolute Gasteiger partial charge is 0.478 e. The zero-order valence-corrected chi connectivity index (χ0v) is 10.00. The number of pyridine rings is 1. The summed E-state index contributed by atoms with van der Waals surface area (Å²) in [6, 6.07) is 3.24. The third kappa shape index (κ3) is 2.85. The Morgan fingerprint density at radius 1 is 1.50 bits per heavy atom. The Morgan fingerprint density at radius 3 is 3.00 bits per heavy atom. The van der Waals surface area contributed by atoms with E-state index in [1.807, 2.05) is 17.7 Å². The van der Waals surface area contributed by atoms with Gasteiger partial charge in [-0.1, -0.05) is 0 Å². The number of aromatic nitrogens is 3. The highest BCUT2D eigenvalue weighted by Gasteiger charge is 2.10. The van der Waals surface area contributed by atoms with Gasteiger partial charge in [0.05, 0.1) is 6.33 Å². The monoisotopic (exact) mass is 246 g/mol. The first-order chi connectivity index (χ1) is 8.66. The molecule has 0 aliphatic rings. The van der Waals surface area contributed by atoms with Gasteiger partial charge in [-0.3, -0.25) is 0 Å². The molecule has 0 fully saturated rings. The summed E-state index contributed by atoms with van der Waals surface area (Å²) in [6.07, 6.45) is 5.26. The van der Waals surface area contributed by atoms with Gasteiger partial charge in [0, 0.05) is 31.2 Å². The summed E-state index contributed by atoms with van der Waals surface area (Å²) in [5.41, 5.74) is 0.969. The van der Waals surface area contributed by atoms with E-state index in [4.69, 9.17) is 5.11 Å². The van der Waals surface area contributed by atoms with E-state index >= 15 is 0 Å². The first kappa shape index (κ1) is 12.1. The van der Waals surface area contributed by atoms with Crippen LogP contribution in [-0.4, -0.2) is 32.2 Å². The summed E-state index contributed by atoms with van der Waals surface area (Å²) in [6.45, 7) is 3.12. The fraction of sp³-hybridized carbons (Fsp3) is 0.250. The van der Waals surface area contributed by atoms with Crippen molar-refractivity contribution in [2.75, 3.05) is 11.9 Å². The SMILES string of the molecule is Cc1ccc(C(=O)O)c(NCCn2ccnc2)n1. The number of carbonyl (C=O) groups is 1. The van der Waals surface area contributed by atoms with Crippen LogP contribution in [-0.2, 0) is 6.54 Å². The fourth-order valence-electron chi connectivity index (χ4n) is 1.59. The molecule has 2 N–H and O–H groups in total. The molecule has 0 bridgehead atoms. The van der Waals surface area contributed by atoms with Crippen LogP contribution >= 0.6 is 0 Å². The van der Waals surface area contributed by atoms with Crippen molar-refractivity contribution in [1.29, 1.82) is 0 Å². The summed E-state index contributed by atoms with van der Waals surface area (Å²) in [5.74, 6) is -0.574. The Labute approximate surface area is 104 Å². The number of nitrogens with zero attached hydrogens (tertiary/aromatic N) is 3. The van der Waals surface area contributed by atoms with E-state index in [0.29, 0.717) is 18.9 Å². The molecule has 0 aliphatic carbocycles. The zero-order chi connectivity index (χ0) is 13.0. The molecule has 0 saturated carbocycles. The second-order valence-electron chi connectivity index (χ2n) is 3.88. The van der Waals surface area contributed by atoms with E-state index in [2.05, 4.69) is 15.3 Å². The number of carboxylic acid groups (broad SMARTS) is 1. The summed E-state index contributed by atoms with van der Waals surface area (Å²) in [4.78, 5) is 19.2. The first-order valence-corrected chi connectivity index (χ1v) is 5.57. The molecule has 18 heavy (non-hydrogen) atoms. The first-order valence-electron chi connectivity index (χ1n) is 5.57. The number of carboxylic acids is 1. The van der Waals surface area contributed by atoms with Gasteiger partial charge in [0.2, 0.25) is 0 Å². The normalized spacial score (nSPS) is 10.3. The molecule has 0 amide bonds. The highest BCUT2D eigenvalue weighted by molar-refractivity contribution is 5.93. The van der Waals surface area contributed by atoms with Gasteiger partial charge in [0.25, 0.3) is 0 Å². The minimum absolute atomic E-state index is 0.186. The predicted octanol–water partition coefficient (Wildman–Crippen LogP) is 1.40. The van der Waals surface area contributed by atoms with Crippen molar-refractivity contribution in [2.45, 2.75) is 13.5 Å². The van der Waals surface area contributed by atoms with Crippen molar-refractivity contribution in [1.82, 2.24) is 14.5 Å². The van der Waals surface area contributed by atoms with E-state index in [1.165, 1.54) is 0 Å². The third-order valence-corrected chi connectivity index (χ3v) is 2.49. The smallest absolute Gasteiger partial charge is 0.339 e. The molecule has 0 saturated heterocycles. The number of hydrogen-bond acceptors (Lipinski definition) is 4. The fourth-order valence-corrected chi connectivity index (χ4v) is 1.59. The molecule has 2 rings (SSSR count). The van der Waals surface area contributed by atoms with Crippen molar-refractivity contribution >= 4 is 11.8 Å². The van der Waals surface area contributed by atoms with Crippen LogP contribution in [0.15, 0.2) is 30.9 Å². The Kier molecular flexibility index (Phi) is 3.57. The van der Waals surface area contributed by atoms with E-state index < -0.39 is 5.97 Å². The maximum atomic E-state index is 11.0. The van der Waals surface area contributed by atoms with Gasteiger partial charge in [-0.2, -0.15) is 0 Å². The summed E-state index contributed by atoms with van der Waals surface area (Å²) in [5, 5.41) is 12.1. The van der Waals surface area contributed by atoms with E-state index in [9.17, 15) is 4.79 Å². The standard InChI is InChI=1S/C12H14N4O2/c1-9-2-3-10(12(17)18)11(15-9)14-5-7-16-6-4-13-8-16/h2-4,6,8H,5,7H2,1H3,(H,14,15)(H,17,18). The summed E-state index contributed by atoms with van der Waals surface area (Å²) >= 11 is 0. The number of imidazole rings is 1. The molecule has 0 spiro atoms. The molecule has 0 aromatic carbocycles. The van der Waals surface area contributed by atoms with Crippen LogP contribution < -0.4 is 5.32 Å². The lowest BCUT2D eigenvalue weighted by molar-refractivity contribution is 0.0697. The molecule has 6 heteroatoms. The van der Waals surface area contributed by atoms with Crippen LogP contribution in [0.25, 0.3) is 0 Å². The molecule has 2 heterocycles. The number of aromatic carboxylic acids is 1. The van der Waals surface area contributed by atoms with Crippen LogP contribution in [0.3, 0.4) is 0 Å². The Morgan fingerprint density at radius 2 is 2.33 bits per heavy atom. The van der Waals surface area contributed by atoms with Gasteiger partial charge in [-0.15, -0.1) is 0 Å². The lowest BCUT2D eigenvalue weighted by atomic mass is 10.2. The molecule has 0 unspecified atom stereocenters. The van der Waals surface area contributed by atoms with Gasteiger partial charge in [0.1, 0.15) is 11.4 Å². The Bertz CT molecular complexity index is 537. The maximum absolute atomic E-state index is 11.0. The number of rotatable bonds is 5. The lowest BCUT2D eigenvalue weighted by Gasteiger charge is -2.09. The number of nitrogens with one attached hydrogen (secondary N) is 1. The van der Waals surface area contributed by atoms with E-state index in [1.54, 1.807) is 24.7 Å². The molecule has 94 valence electrons. The molecule has 0 aliphatic heterocycles. The molecule has 2 aromatic rings. The number of hydrogen-bond donors (Lipinski definition) is 2. The predicted molar refractivity (Wildman–Crippen MR) is 66.7 cm³/mol. The van der Waals surface area contributed by atoms with Crippen molar-refractivity contribution in [3.63, 3.8) is 0 Å². The van der Waals surface area contributed by atoms with Gasteiger partial charge in [0.15, 0.2) is 0 Å². The van der Waals surface area contributed by atoms with Crippen molar-refractivity contribution in [2.24, 2.45) is 0 Å². The Hall–Kier alpha value is -2.37. The molecule has 2 aromatic heterocycles. The molecular weight excluding hydrogens is 232 g/mol. The van der Waals surface area contributed by atoms with E-state index in [-0.39, 0.29) is 5.56 Å². The van der Waals surface area contributed by atoms with Crippen LogP contribution in [0.4, 0.5) is 5.82 Å². The lowest BCUT2D eigenvalue weighted by Crippen LogP contribution is -2.13. The molecular formula is C12H14N4O2. The Balaban J connectivity index is 2.03. The van der Waals surface area contributed by atoms with Gasteiger partial charge >= 0.3 is 5.97 Å². The molecule has 6 nitrogen and oxygen atoms in total. The number of aryl methyl sites for hydroxylation is 1. The average molecular weight is 246 g/mol. The summed E-state index contributed by atoms with van der Waals surface area (Å²) < 4.78 is 1.91. The maximum Gasteiger partial charge on any atom is 0.339 e. The zero-order valence-electron chi connectivity index (χ0n) is 10.00. The van der Waals surface area contributed by atoms with Gasteiger partial charge in [-0.05, 0) is 19.1 Å². The average Bonchev–Trinajstić information content (AvgIpc) is 2.82. The highest BCUT2D eigenvalue weighted by atomic mass is 16.4. The topological polar surface area (TPSA) is 80.0 Å². The number of anilines is 1. The minimum atomic E-state index is -0.979. The molecule has 0 radical (unpaired) electrons. The third-order valence-electron chi connectivity index (χ3n) is 2.49. The van der Waals surface area contributed by atoms with Crippen LogP contribution in [0.2, 0.25) is 0 Å². The second kappa shape index (κ2) is 5.31. The molecule has 0 atom stereocenters. The van der Waals surface area contributed by atoms with Gasteiger partial charge in [-0.25, -0.2) is 14.8 Å². The van der Waals surface area contributed by atoms with Crippen molar-refractivity contribution in [3.05, 3.63) is 42.1 Å². The highest BCUT2D eigenvalue weighted by Crippen LogP contribution is 2.13. The summed E-state index contributed by atoms with van der Waals surface area (Å²) in [7, 11) is 0. The van der Waals surface area contributed by atoms with Crippen LogP contribution in [0.1, 0.15) is 16.1 Å². The van der Waals surface area contributed by atoms with Crippen LogP contribution in [0.5, 0.6) is 0 Å². The van der Waals surface area contributed by atoms with Crippen molar-refractivity contribution < 1.29 is 9.90 Å².